The van der Waals surface area contributed by atoms with E-state index in [-0.39, 0.29) is 0 Å². The van der Waals surface area contributed by atoms with Crippen LogP contribution >= 0.6 is 0 Å². The Labute approximate surface area is 122 Å². The number of fused-ring (bicyclic) bond motifs is 1. The zero-order valence-corrected chi connectivity index (χ0v) is 11.6. The standard InChI is InChI=1S/C15H16N6/c1-2-13(21-7-5-16-6-8-21)18-9-11(1)14-12-3-4-17-15(12)20-10-19-14/h1-4,9-10,16H,5-8H2,(H,17,19,20). The van der Waals surface area contributed by atoms with Crippen LogP contribution in [0.5, 0.6) is 0 Å². The second-order valence-corrected chi connectivity index (χ2v) is 5.10. The maximum atomic E-state index is 4.60. The van der Waals surface area contributed by atoms with Crippen LogP contribution in [0.4, 0.5) is 5.82 Å². The van der Waals surface area contributed by atoms with Gasteiger partial charge in [-0.25, -0.2) is 15.0 Å². The quantitative estimate of drug-likeness (QED) is 0.743. The summed E-state index contributed by atoms with van der Waals surface area (Å²) in [4.78, 5) is 18.6. The number of nitrogens with one attached hydrogen (secondary N) is 2. The fraction of sp³-hybridized carbons (Fsp3) is 0.267. The van der Waals surface area contributed by atoms with Gasteiger partial charge in [0.25, 0.3) is 0 Å². The minimum atomic E-state index is 0.853. The van der Waals surface area contributed by atoms with Gasteiger partial charge in [-0.1, -0.05) is 0 Å². The molecule has 3 aromatic rings. The summed E-state index contributed by atoms with van der Waals surface area (Å²) in [7, 11) is 0. The molecule has 21 heavy (non-hydrogen) atoms. The van der Waals surface area contributed by atoms with Crippen molar-refractivity contribution in [2.45, 2.75) is 0 Å². The summed E-state index contributed by atoms with van der Waals surface area (Å²) in [6, 6.07) is 6.15. The maximum absolute atomic E-state index is 4.60. The number of piperazine rings is 1. The highest BCUT2D eigenvalue weighted by molar-refractivity contribution is 5.90. The highest BCUT2D eigenvalue weighted by Gasteiger charge is 2.12. The third kappa shape index (κ3) is 2.23. The molecule has 0 bridgehead atoms. The van der Waals surface area contributed by atoms with Crippen LogP contribution in [0.2, 0.25) is 0 Å². The van der Waals surface area contributed by atoms with E-state index in [1.165, 1.54) is 0 Å². The van der Waals surface area contributed by atoms with E-state index in [2.05, 4.69) is 42.3 Å². The van der Waals surface area contributed by atoms with Gasteiger partial charge in [0.15, 0.2) is 0 Å². The van der Waals surface area contributed by atoms with Crippen LogP contribution < -0.4 is 10.2 Å². The smallest absolute Gasteiger partial charge is 0.141 e. The van der Waals surface area contributed by atoms with Gasteiger partial charge in [-0.3, -0.25) is 0 Å². The topological polar surface area (TPSA) is 69.7 Å². The van der Waals surface area contributed by atoms with Crippen LogP contribution in [0.25, 0.3) is 22.3 Å². The van der Waals surface area contributed by atoms with E-state index in [9.17, 15) is 0 Å². The van der Waals surface area contributed by atoms with Gasteiger partial charge in [0.2, 0.25) is 0 Å². The van der Waals surface area contributed by atoms with Crippen molar-refractivity contribution in [1.29, 1.82) is 0 Å². The second-order valence-electron chi connectivity index (χ2n) is 5.10. The first kappa shape index (κ1) is 12.3. The molecule has 0 amide bonds. The minimum absolute atomic E-state index is 0.853. The molecule has 1 fully saturated rings. The SMILES string of the molecule is c1nc(-c2ccc(N3CCNCC3)nc2)c2cc[nH]c2n1. The molecule has 106 valence electrons. The molecule has 6 nitrogen and oxygen atoms in total. The molecular weight excluding hydrogens is 264 g/mol. The number of pyridine rings is 1. The number of aromatic nitrogens is 4. The average molecular weight is 280 g/mol. The van der Waals surface area contributed by atoms with Crippen molar-refractivity contribution in [3.05, 3.63) is 36.9 Å². The zero-order valence-electron chi connectivity index (χ0n) is 11.6. The van der Waals surface area contributed by atoms with Gasteiger partial charge < -0.3 is 15.2 Å². The van der Waals surface area contributed by atoms with Crippen LogP contribution in [-0.2, 0) is 0 Å². The van der Waals surface area contributed by atoms with Gasteiger partial charge in [0.1, 0.15) is 17.8 Å². The van der Waals surface area contributed by atoms with Gasteiger partial charge in [-0.2, -0.15) is 0 Å². The fourth-order valence-electron chi connectivity index (χ4n) is 2.71. The molecule has 6 heteroatoms. The molecule has 3 aromatic heterocycles. The summed E-state index contributed by atoms with van der Waals surface area (Å²) in [6.45, 7) is 4.03. The molecule has 4 heterocycles. The summed E-state index contributed by atoms with van der Waals surface area (Å²) < 4.78 is 0. The number of hydrogen-bond acceptors (Lipinski definition) is 5. The van der Waals surface area contributed by atoms with Crippen LogP contribution in [-0.4, -0.2) is 46.1 Å². The lowest BCUT2D eigenvalue weighted by Crippen LogP contribution is -2.43. The summed E-state index contributed by atoms with van der Waals surface area (Å²) in [5.74, 6) is 1.03. The van der Waals surface area contributed by atoms with Crippen LogP contribution in [0, 0.1) is 0 Å². The second kappa shape index (κ2) is 5.14. The molecule has 0 spiro atoms. The lowest BCUT2D eigenvalue weighted by atomic mass is 10.1. The van der Waals surface area contributed by atoms with Crippen molar-refractivity contribution in [3.63, 3.8) is 0 Å². The molecule has 0 aliphatic carbocycles. The number of aromatic amines is 1. The van der Waals surface area contributed by atoms with E-state index in [1.807, 2.05) is 18.5 Å². The Morgan fingerprint density at radius 3 is 2.71 bits per heavy atom. The molecule has 0 aromatic carbocycles. The first-order valence-electron chi connectivity index (χ1n) is 7.12. The average Bonchev–Trinajstić information content (AvgIpc) is 3.04. The molecule has 0 saturated carbocycles. The van der Waals surface area contributed by atoms with Crippen LogP contribution in [0.3, 0.4) is 0 Å². The van der Waals surface area contributed by atoms with E-state index >= 15 is 0 Å². The van der Waals surface area contributed by atoms with Gasteiger partial charge in [0, 0.05) is 49.5 Å². The third-order valence-electron chi connectivity index (χ3n) is 3.82. The largest absolute Gasteiger partial charge is 0.354 e. The minimum Gasteiger partial charge on any atom is -0.354 e. The summed E-state index contributed by atoms with van der Waals surface area (Å²) >= 11 is 0. The Kier molecular flexibility index (Phi) is 3.01. The predicted octanol–water partition coefficient (Wildman–Crippen LogP) is 1.43. The highest BCUT2D eigenvalue weighted by Crippen LogP contribution is 2.25. The predicted molar refractivity (Wildman–Crippen MR) is 82.2 cm³/mol. The normalized spacial score (nSPS) is 15.5. The Morgan fingerprint density at radius 1 is 1.00 bits per heavy atom. The molecular formula is C15H16N6. The third-order valence-corrected chi connectivity index (χ3v) is 3.82. The van der Waals surface area contributed by atoms with Gasteiger partial charge in [0.05, 0.1) is 5.69 Å². The fourth-order valence-corrected chi connectivity index (χ4v) is 2.71. The lowest BCUT2D eigenvalue weighted by Gasteiger charge is -2.28. The molecule has 0 atom stereocenters. The van der Waals surface area contributed by atoms with Gasteiger partial charge in [-0.05, 0) is 18.2 Å². The Morgan fingerprint density at radius 2 is 1.90 bits per heavy atom. The maximum Gasteiger partial charge on any atom is 0.141 e. The molecule has 0 unspecified atom stereocenters. The Bertz CT molecular complexity index is 742. The molecule has 0 radical (unpaired) electrons. The van der Waals surface area contributed by atoms with Crippen molar-refractivity contribution in [1.82, 2.24) is 25.3 Å². The zero-order chi connectivity index (χ0) is 14.1. The molecule has 1 saturated heterocycles. The number of anilines is 1. The van der Waals surface area contributed by atoms with Crippen molar-refractivity contribution in [2.75, 3.05) is 31.1 Å². The highest BCUT2D eigenvalue weighted by atomic mass is 15.2. The van der Waals surface area contributed by atoms with E-state index in [4.69, 9.17) is 0 Å². The summed E-state index contributed by atoms with van der Waals surface area (Å²) in [6.07, 6.45) is 5.36. The van der Waals surface area contributed by atoms with E-state index in [1.54, 1.807) is 6.33 Å². The van der Waals surface area contributed by atoms with Crippen molar-refractivity contribution in [3.8, 4) is 11.3 Å². The van der Waals surface area contributed by atoms with E-state index < -0.39 is 0 Å². The van der Waals surface area contributed by atoms with Crippen molar-refractivity contribution >= 4 is 16.9 Å². The number of H-pyrrole nitrogens is 1. The van der Waals surface area contributed by atoms with E-state index in [0.717, 1.165) is 54.3 Å². The Hall–Kier alpha value is -2.47. The number of hydrogen-bond donors (Lipinski definition) is 2. The molecule has 4 rings (SSSR count). The van der Waals surface area contributed by atoms with Crippen LogP contribution in [0.15, 0.2) is 36.9 Å². The summed E-state index contributed by atoms with van der Waals surface area (Å²) in [5.41, 5.74) is 2.78. The molecule has 2 N–H and O–H groups in total. The van der Waals surface area contributed by atoms with Crippen LogP contribution in [0.1, 0.15) is 0 Å². The lowest BCUT2D eigenvalue weighted by molar-refractivity contribution is 0.585. The first-order valence-corrected chi connectivity index (χ1v) is 7.12. The molecule has 1 aliphatic rings. The van der Waals surface area contributed by atoms with Crippen molar-refractivity contribution < 1.29 is 0 Å². The first-order chi connectivity index (χ1) is 10.4. The number of nitrogens with zero attached hydrogens (tertiary/aromatic N) is 4. The van der Waals surface area contributed by atoms with Crippen molar-refractivity contribution in [2.24, 2.45) is 0 Å². The van der Waals surface area contributed by atoms with Gasteiger partial charge in [-0.15, -0.1) is 0 Å². The Balaban J connectivity index is 1.68. The van der Waals surface area contributed by atoms with Gasteiger partial charge >= 0.3 is 0 Å². The number of rotatable bonds is 2. The monoisotopic (exact) mass is 280 g/mol. The molecule has 1 aliphatic heterocycles. The summed E-state index contributed by atoms with van der Waals surface area (Å²) in [5, 5.41) is 4.37. The van der Waals surface area contributed by atoms with E-state index in [0.29, 0.717) is 0 Å².